The maximum atomic E-state index is 12.4. The molecule has 27 heavy (non-hydrogen) atoms. The number of rotatable bonds is 7. The second kappa shape index (κ2) is 9.14. The number of carbonyl (C=O) groups excluding carboxylic acids is 2. The Bertz CT molecular complexity index is 682. The molecule has 0 saturated carbocycles. The van der Waals surface area contributed by atoms with Crippen molar-refractivity contribution in [3.05, 3.63) is 39.9 Å². The second-order valence-corrected chi connectivity index (χ2v) is 6.33. The summed E-state index contributed by atoms with van der Waals surface area (Å²) < 4.78 is 5.24. The number of nitro groups is 1. The average Bonchev–Trinajstić information content (AvgIpc) is 3.01. The molecule has 0 aromatic heterocycles. The molecule has 1 aromatic carbocycles. The number of hydrogen-bond acceptors (Lipinski definition) is 7. The van der Waals surface area contributed by atoms with Crippen molar-refractivity contribution in [3.8, 4) is 0 Å². The van der Waals surface area contributed by atoms with E-state index < -0.39 is 35.2 Å². The summed E-state index contributed by atoms with van der Waals surface area (Å²) in [7, 11) is 0. The summed E-state index contributed by atoms with van der Waals surface area (Å²) in [5, 5.41) is 23.0. The molecule has 1 aliphatic rings. The normalized spacial score (nSPS) is 20.1. The Morgan fingerprint density at radius 3 is 2.67 bits per heavy atom. The zero-order chi connectivity index (χ0) is 20.0. The molecule has 1 heterocycles. The van der Waals surface area contributed by atoms with E-state index in [1.807, 2.05) is 0 Å². The topological polar surface area (TPSA) is 174 Å². The molecule has 11 nitrogen and oxygen atoms in total. The largest absolute Gasteiger partial charge is 0.445 e. The number of hydrogen-bond donors (Lipinski definition) is 4. The van der Waals surface area contributed by atoms with Crippen LogP contribution >= 0.6 is 0 Å². The van der Waals surface area contributed by atoms with E-state index in [1.54, 1.807) is 0 Å². The first-order valence-electron chi connectivity index (χ1n) is 8.41. The standard InChI is InChI=1S/C16H23N5O6/c17-13(5-6-19-15(18)23)14-7-12(22)8-20(14)16(24)27-9-10-1-3-11(4-2-10)21(25)26/h1-4,12-14,22H,5-9,17H2,(H3,18,19,23)/t12-,13?,14+/m1/s1. The Balaban J connectivity index is 1.90. The van der Waals surface area contributed by atoms with Crippen LogP contribution in [0.1, 0.15) is 18.4 Å². The lowest BCUT2D eigenvalue weighted by Crippen LogP contribution is -2.48. The number of nitrogens with one attached hydrogen (secondary N) is 1. The van der Waals surface area contributed by atoms with Crippen molar-refractivity contribution >= 4 is 17.8 Å². The first kappa shape index (κ1) is 20.4. The Labute approximate surface area is 155 Å². The van der Waals surface area contributed by atoms with Gasteiger partial charge >= 0.3 is 12.1 Å². The van der Waals surface area contributed by atoms with Gasteiger partial charge in [-0.25, -0.2) is 9.59 Å². The van der Waals surface area contributed by atoms with Crippen molar-refractivity contribution in [1.29, 1.82) is 0 Å². The SMILES string of the molecule is NC(=O)NCCC(N)[C@@H]1C[C@@H](O)CN1C(=O)OCc1ccc([N+](=O)[O-])cc1. The van der Waals surface area contributed by atoms with E-state index in [-0.39, 0.29) is 25.4 Å². The van der Waals surface area contributed by atoms with E-state index in [2.05, 4.69) is 5.32 Å². The molecule has 11 heteroatoms. The van der Waals surface area contributed by atoms with Gasteiger partial charge in [-0.05, 0) is 30.5 Å². The summed E-state index contributed by atoms with van der Waals surface area (Å²) in [5.74, 6) is 0. The zero-order valence-corrected chi connectivity index (χ0v) is 14.6. The number of urea groups is 1. The third kappa shape index (κ3) is 5.79. The summed E-state index contributed by atoms with van der Waals surface area (Å²) in [4.78, 5) is 34.6. The first-order chi connectivity index (χ1) is 12.8. The molecule has 0 bridgehead atoms. The molecule has 2 rings (SSSR count). The molecule has 6 N–H and O–H groups in total. The van der Waals surface area contributed by atoms with Crippen LogP contribution in [0.3, 0.4) is 0 Å². The molecule has 3 atom stereocenters. The maximum Gasteiger partial charge on any atom is 0.410 e. The summed E-state index contributed by atoms with van der Waals surface area (Å²) in [6, 6.07) is 4.10. The van der Waals surface area contributed by atoms with Gasteiger partial charge in [0.15, 0.2) is 0 Å². The minimum absolute atomic E-state index is 0.0525. The number of nitrogens with zero attached hydrogens (tertiary/aromatic N) is 2. The highest BCUT2D eigenvalue weighted by atomic mass is 16.6. The Morgan fingerprint density at radius 2 is 2.07 bits per heavy atom. The lowest BCUT2D eigenvalue weighted by molar-refractivity contribution is -0.384. The van der Waals surface area contributed by atoms with Crippen molar-refractivity contribution in [1.82, 2.24) is 10.2 Å². The van der Waals surface area contributed by atoms with Crippen molar-refractivity contribution in [3.63, 3.8) is 0 Å². The molecular formula is C16H23N5O6. The van der Waals surface area contributed by atoms with E-state index >= 15 is 0 Å². The van der Waals surface area contributed by atoms with Crippen LogP contribution in [0.15, 0.2) is 24.3 Å². The number of nitro benzene ring substituents is 1. The number of nitrogens with two attached hydrogens (primary N) is 2. The van der Waals surface area contributed by atoms with E-state index in [9.17, 15) is 24.8 Å². The van der Waals surface area contributed by atoms with Gasteiger partial charge in [-0.15, -0.1) is 0 Å². The minimum Gasteiger partial charge on any atom is -0.445 e. The number of primary amides is 1. The van der Waals surface area contributed by atoms with Crippen molar-refractivity contribution in [2.75, 3.05) is 13.1 Å². The van der Waals surface area contributed by atoms with Crippen molar-refractivity contribution < 1.29 is 24.4 Å². The van der Waals surface area contributed by atoms with Gasteiger partial charge in [-0.2, -0.15) is 0 Å². The lowest BCUT2D eigenvalue weighted by Gasteiger charge is -2.28. The number of β-amino-alcohol motifs (C(OH)–C–C–N with tert-alkyl or cyclic N) is 1. The molecule has 0 spiro atoms. The third-order valence-electron chi connectivity index (χ3n) is 4.34. The number of ether oxygens (including phenoxy) is 1. The van der Waals surface area contributed by atoms with Crippen LogP contribution in [0.25, 0.3) is 0 Å². The Hall–Kier alpha value is -2.92. The van der Waals surface area contributed by atoms with Crippen LogP contribution < -0.4 is 16.8 Å². The first-order valence-corrected chi connectivity index (χ1v) is 8.41. The summed E-state index contributed by atoms with van der Waals surface area (Å²) in [6.45, 7) is 0.296. The zero-order valence-electron chi connectivity index (χ0n) is 14.6. The van der Waals surface area contributed by atoms with Gasteiger partial charge < -0.3 is 31.5 Å². The van der Waals surface area contributed by atoms with Crippen LogP contribution in [0.5, 0.6) is 0 Å². The quantitative estimate of drug-likeness (QED) is 0.381. The van der Waals surface area contributed by atoms with E-state index in [1.165, 1.54) is 29.2 Å². The minimum atomic E-state index is -0.711. The molecule has 0 radical (unpaired) electrons. The van der Waals surface area contributed by atoms with Crippen LogP contribution in [0.2, 0.25) is 0 Å². The Morgan fingerprint density at radius 1 is 1.41 bits per heavy atom. The number of aliphatic hydroxyl groups excluding tert-OH is 1. The molecule has 1 saturated heterocycles. The average molecular weight is 381 g/mol. The highest BCUT2D eigenvalue weighted by Gasteiger charge is 2.38. The van der Waals surface area contributed by atoms with Gasteiger partial charge in [0.25, 0.3) is 5.69 Å². The second-order valence-electron chi connectivity index (χ2n) is 6.33. The van der Waals surface area contributed by atoms with Gasteiger partial charge in [-0.1, -0.05) is 0 Å². The summed E-state index contributed by atoms with van der Waals surface area (Å²) >= 11 is 0. The lowest BCUT2D eigenvalue weighted by atomic mass is 10.0. The van der Waals surface area contributed by atoms with E-state index in [4.69, 9.17) is 16.2 Å². The number of benzene rings is 1. The molecule has 1 aliphatic heterocycles. The third-order valence-corrected chi connectivity index (χ3v) is 4.34. The highest BCUT2D eigenvalue weighted by molar-refractivity contribution is 5.71. The molecule has 1 aromatic rings. The van der Waals surface area contributed by atoms with Gasteiger partial charge in [-0.3, -0.25) is 10.1 Å². The van der Waals surface area contributed by atoms with Crippen LogP contribution in [-0.2, 0) is 11.3 Å². The monoisotopic (exact) mass is 381 g/mol. The molecule has 3 amide bonds. The molecular weight excluding hydrogens is 358 g/mol. The van der Waals surface area contributed by atoms with Crippen molar-refractivity contribution in [2.24, 2.45) is 11.5 Å². The van der Waals surface area contributed by atoms with Crippen LogP contribution in [-0.4, -0.2) is 58.3 Å². The van der Waals surface area contributed by atoms with E-state index in [0.717, 1.165) is 0 Å². The smallest absolute Gasteiger partial charge is 0.410 e. The molecule has 0 aliphatic carbocycles. The highest BCUT2D eigenvalue weighted by Crippen LogP contribution is 2.23. The summed E-state index contributed by atoms with van der Waals surface area (Å²) in [6.07, 6.45) is -0.651. The Kier molecular flexibility index (Phi) is 6.91. The predicted molar refractivity (Wildman–Crippen MR) is 94.6 cm³/mol. The van der Waals surface area contributed by atoms with Gasteiger partial charge in [0.05, 0.1) is 23.6 Å². The number of carbonyl (C=O) groups is 2. The fourth-order valence-electron chi connectivity index (χ4n) is 2.96. The number of aliphatic hydroxyl groups is 1. The van der Waals surface area contributed by atoms with Crippen LogP contribution in [0.4, 0.5) is 15.3 Å². The molecule has 1 fully saturated rings. The fourth-order valence-corrected chi connectivity index (χ4v) is 2.96. The van der Waals surface area contributed by atoms with E-state index in [0.29, 0.717) is 18.4 Å². The van der Waals surface area contributed by atoms with Gasteiger partial charge in [0.2, 0.25) is 0 Å². The van der Waals surface area contributed by atoms with Crippen molar-refractivity contribution in [2.45, 2.75) is 37.6 Å². The fraction of sp³-hybridized carbons (Fsp3) is 0.500. The van der Waals surface area contributed by atoms with Gasteiger partial charge in [0.1, 0.15) is 6.61 Å². The predicted octanol–water partition coefficient (Wildman–Crippen LogP) is 0.0523. The summed E-state index contributed by atoms with van der Waals surface area (Å²) in [5.41, 5.74) is 11.6. The van der Waals surface area contributed by atoms with Crippen LogP contribution in [0, 0.1) is 10.1 Å². The number of non-ortho nitro benzene ring substituents is 1. The molecule has 148 valence electrons. The van der Waals surface area contributed by atoms with Gasteiger partial charge in [0, 0.05) is 24.7 Å². The maximum absolute atomic E-state index is 12.4. The number of likely N-dealkylation sites (tertiary alicyclic amines) is 1. The molecule has 1 unspecified atom stereocenters. The number of amides is 3.